The maximum atomic E-state index is 11.9. The Balaban J connectivity index is 1.93. The number of hydrogen-bond donors (Lipinski definition) is 2. The molecule has 0 bridgehead atoms. The maximum absolute atomic E-state index is 11.9. The fourth-order valence-corrected chi connectivity index (χ4v) is 2.53. The highest BCUT2D eigenvalue weighted by Gasteiger charge is 2.20. The van der Waals surface area contributed by atoms with Gasteiger partial charge >= 0.3 is 0 Å². The third-order valence-corrected chi connectivity index (χ3v) is 3.62. The number of carbonyl (C=O) groups excluding carboxylic acids is 1. The summed E-state index contributed by atoms with van der Waals surface area (Å²) in [5, 5.41) is 6.14. The molecule has 16 heavy (non-hydrogen) atoms. The fraction of sp³-hybridized carbons (Fsp3) is 0.417. The third kappa shape index (κ3) is 3.00. The van der Waals surface area contributed by atoms with Crippen LogP contribution in [0.1, 0.15) is 5.56 Å². The summed E-state index contributed by atoms with van der Waals surface area (Å²) in [6.07, 6.45) is 0. The van der Waals surface area contributed by atoms with Crippen LogP contribution in [0.15, 0.2) is 24.3 Å². The summed E-state index contributed by atoms with van der Waals surface area (Å²) in [4.78, 5) is 11.9. The standard InChI is InChI=1S/C12H16N2OS/c1-9-2-4-10(5-3-9)14-12(15)11-8-16-7-6-13-11/h2-5,11,13H,6-8H2,1H3,(H,14,15). The van der Waals surface area contributed by atoms with Crippen molar-refractivity contribution in [2.45, 2.75) is 13.0 Å². The first-order valence-electron chi connectivity index (χ1n) is 5.44. The summed E-state index contributed by atoms with van der Waals surface area (Å²) in [6, 6.07) is 7.81. The molecule has 1 aromatic carbocycles. The molecule has 1 saturated heterocycles. The number of benzene rings is 1. The zero-order valence-corrected chi connectivity index (χ0v) is 10.1. The van der Waals surface area contributed by atoms with Crippen molar-refractivity contribution in [3.63, 3.8) is 0 Å². The Labute approximate surface area is 100.0 Å². The van der Waals surface area contributed by atoms with Crippen LogP contribution in [0.4, 0.5) is 5.69 Å². The van der Waals surface area contributed by atoms with E-state index in [-0.39, 0.29) is 11.9 Å². The van der Waals surface area contributed by atoms with Gasteiger partial charge in [-0.15, -0.1) is 0 Å². The number of carbonyl (C=O) groups is 1. The van der Waals surface area contributed by atoms with Crippen LogP contribution in [0.3, 0.4) is 0 Å². The molecule has 0 saturated carbocycles. The Bertz CT molecular complexity index is 358. The van der Waals surface area contributed by atoms with Gasteiger partial charge in [-0.2, -0.15) is 11.8 Å². The minimum Gasteiger partial charge on any atom is -0.325 e. The lowest BCUT2D eigenvalue weighted by molar-refractivity contribution is -0.117. The quantitative estimate of drug-likeness (QED) is 0.820. The second kappa shape index (κ2) is 5.37. The molecule has 1 fully saturated rings. The molecule has 2 rings (SSSR count). The Morgan fingerprint density at radius 1 is 1.44 bits per heavy atom. The van der Waals surface area contributed by atoms with Gasteiger partial charge in [-0.25, -0.2) is 0 Å². The fourth-order valence-electron chi connectivity index (χ4n) is 1.60. The van der Waals surface area contributed by atoms with Crippen molar-refractivity contribution in [3.05, 3.63) is 29.8 Å². The first kappa shape index (κ1) is 11.5. The van der Waals surface area contributed by atoms with E-state index in [1.54, 1.807) is 0 Å². The van der Waals surface area contributed by atoms with Crippen LogP contribution in [0.2, 0.25) is 0 Å². The van der Waals surface area contributed by atoms with E-state index >= 15 is 0 Å². The molecule has 3 nitrogen and oxygen atoms in total. The molecule has 0 spiro atoms. The summed E-state index contributed by atoms with van der Waals surface area (Å²) in [5.74, 6) is 2.02. The van der Waals surface area contributed by atoms with E-state index in [0.29, 0.717) is 0 Å². The lowest BCUT2D eigenvalue weighted by atomic mass is 10.2. The smallest absolute Gasteiger partial charge is 0.242 e. The number of amides is 1. The van der Waals surface area contributed by atoms with Crippen LogP contribution in [-0.2, 0) is 4.79 Å². The van der Waals surface area contributed by atoms with Crippen molar-refractivity contribution in [1.82, 2.24) is 5.32 Å². The maximum Gasteiger partial charge on any atom is 0.242 e. The third-order valence-electron chi connectivity index (χ3n) is 2.56. The number of rotatable bonds is 2. The van der Waals surface area contributed by atoms with Crippen LogP contribution >= 0.6 is 11.8 Å². The molecule has 0 radical (unpaired) electrons. The molecule has 1 atom stereocenters. The summed E-state index contributed by atoms with van der Waals surface area (Å²) < 4.78 is 0. The zero-order valence-electron chi connectivity index (χ0n) is 9.32. The Kier molecular flexibility index (Phi) is 3.85. The molecule has 86 valence electrons. The molecule has 0 aromatic heterocycles. The molecule has 1 aromatic rings. The molecular weight excluding hydrogens is 220 g/mol. The predicted molar refractivity (Wildman–Crippen MR) is 68.9 cm³/mol. The van der Waals surface area contributed by atoms with Gasteiger partial charge in [0.1, 0.15) is 0 Å². The first-order valence-corrected chi connectivity index (χ1v) is 6.60. The summed E-state index contributed by atoms with van der Waals surface area (Å²) in [6.45, 7) is 2.95. The van der Waals surface area contributed by atoms with Gasteiger partial charge < -0.3 is 10.6 Å². The minimum absolute atomic E-state index is 0.0555. The van der Waals surface area contributed by atoms with E-state index in [1.807, 2.05) is 43.0 Å². The van der Waals surface area contributed by atoms with Crippen molar-refractivity contribution < 1.29 is 4.79 Å². The van der Waals surface area contributed by atoms with Gasteiger partial charge in [0, 0.05) is 23.7 Å². The highest BCUT2D eigenvalue weighted by molar-refractivity contribution is 7.99. The number of aryl methyl sites for hydroxylation is 1. The number of thioether (sulfide) groups is 1. The van der Waals surface area contributed by atoms with E-state index in [4.69, 9.17) is 0 Å². The highest BCUT2D eigenvalue weighted by Crippen LogP contribution is 2.12. The van der Waals surface area contributed by atoms with Gasteiger partial charge in [-0.1, -0.05) is 17.7 Å². The topological polar surface area (TPSA) is 41.1 Å². The number of nitrogens with one attached hydrogen (secondary N) is 2. The van der Waals surface area contributed by atoms with Gasteiger partial charge in [0.25, 0.3) is 0 Å². The molecular formula is C12H16N2OS. The van der Waals surface area contributed by atoms with Crippen LogP contribution in [0.5, 0.6) is 0 Å². The summed E-state index contributed by atoms with van der Waals surface area (Å²) in [5.41, 5.74) is 2.07. The molecule has 1 heterocycles. The molecule has 4 heteroatoms. The summed E-state index contributed by atoms with van der Waals surface area (Å²) in [7, 11) is 0. The van der Waals surface area contributed by atoms with Crippen molar-refractivity contribution >= 4 is 23.4 Å². The lowest BCUT2D eigenvalue weighted by Crippen LogP contribution is -2.46. The lowest BCUT2D eigenvalue weighted by Gasteiger charge is -2.22. The van der Waals surface area contributed by atoms with Crippen molar-refractivity contribution in [2.75, 3.05) is 23.4 Å². The molecule has 2 N–H and O–H groups in total. The average molecular weight is 236 g/mol. The number of hydrogen-bond acceptors (Lipinski definition) is 3. The first-order chi connectivity index (χ1) is 7.75. The zero-order chi connectivity index (χ0) is 11.4. The van der Waals surface area contributed by atoms with Crippen molar-refractivity contribution in [1.29, 1.82) is 0 Å². The van der Waals surface area contributed by atoms with Crippen LogP contribution in [0.25, 0.3) is 0 Å². The average Bonchev–Trinajstić information content (AvgIpc) is 2.33. The van der Waals surface area contributed by atoms with Crippen LogP contribution in [0, 0.1) is 6.92 Å². The van der Waals surface area contributed by atoms with E-state index in [9.17, 15) is 4.79 Å². The van der Waals surface area contributed by atoms with Crippen molar-refractivity contribution in [3.8, 4) is 0 Å². The van der Waals surface area contributed by atoms with Gasteiger partial charge in [-0.3, -0.25) is 4.79 Å². The van der Waals surface area contributed by atoms with Gasteiger partial charge in [0.15, 0.2) is 0 Å². The molecule has 1 aliphatic heterocycles. The van der Waals surface area contributed by atoms with E-state index in [2.05, 4.69) is 10.6 Å². The largest absolute Gasteiger partial charge is 0.325 e. The highest BCUT2D eigenvalue weighted by atomic mass is 32.2. The summed E-state index contributed by atoms with van der Waals surface area (Å²) >= 11 is 1.82. The van der Waals surface area contributed by atoms with Gasteiger partial charge in [0.2, 0.25) is 5.91 Å². The molecule has 1 amide bonds. The Morgan fingerprint density at radius 2 is 2.19 bits per heavy atom. The van der Waals surface area contributed by atoms with Crippen LogP contribution in [-0.4, -0.2) is 30.0 Å². The van der Waals surface area contributed by atoms with Gasteiger partial charge in [-0.05, 0) is 19.1 Å². The second-order valence-electron chi connectivity index (χ2n) is 3.94. The molecule has 1 aliphatic rings. The minimum atomic E-state index is -0.0555. The Hall–Kier alpha value is -1.00. The Morgan fingerprint density at radius 3 is 2.81 bits per heavy atom. The van der Waals surface area contributed by atoms with Gasteiger partial charge in [0.05, 0.1) is 6.04 Å². The van der Waals surface area contributed by atoms with E-state index < -0.39 is 0 Å². The van der Waals surface area contributed by atoms with Crippen molar-refractivity contribution in [2.24, 2.45) is 0 Å². The molecule has 1 unspecified atom stereocenters. The second-order valence-corrected chi connectivity index (χ2v) is 5.09. The van der Waals surface area contributed by atoms with E-state index in [0.717, 1.165) is 23.7 Å². The van der Waals surface area contributed by atoms with E-state index in [1.165, 1.54) is 5.56 Å². The SMILES string of the molecule is Cc1ccc(NC(=O)C2CSCCN2)cc1. The molecule has 0 aliphatic carbocycles. The predicted octanol–water partition coefficient (Wildman–Crippen LogP) is 1.64. The van der Waals surface area contributed by atoms with Crippen LogP contribution < -0.4 is 10.6 Å². The number of anilines is 1. The monoisotopic (exact) mass is 236 g/mol. The normalized spacial score (nSPS) is 20.4.